The molecular weight excluding hydrogens is 186 g/mol. The first-order valence-corrected chi connectivity index (χ1v) is 6.01. The molecule has 0 rings (SSSR count). The van der Waals surface area contributed by atoms with Gasteiger partial charge in [0.2, 0.25) is 0 Å². The van der Waals surface area contributed by atoms with Gasteiger partial charge in [-0.1, -0.05) is 34.1 Å². The monoisotopic (exact) mass is 213 g/mol. The van der Waals surface area contributed by atoms with Crippen molar-refractivity contribution in [2.45, 2.75) is 47.0 Å². The molecule has 0 aliphatic rings. The van der Waals surface area contributed by atoms with Crippen molar-refractivity contribution in [3.8, 4) is 0 Å². The highest BCUT2D eigenvalue weighted by Crippen LogP contribution is 2.20. The molecule has 0 unspecified atom stereocenters. The van der Waals surface area contributed by atoms with Crippen LogP contribution in [0.5, 0.6) is 0 Å². The van der Waals surface area contributed by atoms with Crippen molar-refractivity contribution in [2.75, 3.05) is 19.6 Å². The summed E-state index contributed by atoms with van der Waals surface area (Å²) in [5, 5.41) is 7.50. The van der Waals surface area contributed by atoms with Crippen LogP contribution in [0.1, 0.15) is 47.0 Å². The lowest BCUT2D eigenvalue weighted by Crippen LogP contribution is -2.36. The van der Waals surface area contributed by atoms with Crippen molar-refractivity contribution >= 4 is 5.84 Å². The molecule has 3 nitrogen and oxygen atoms in total. The molecule has 3 heteroatoms. The van der Waals surface area contributed by atoms with Crippen LogP contribution < -0.4 is 5.73 Å². The molecule has 0 saturated heterocycles. The van der Waals surface area contributed by atoms with Gasteiger partial charge in [-0.25, -0.2) is 0 Å². The lowest BCUT2D eigenvalue weighted by molar-refractivity contribution is 0.252. The maximum Gasteiger partial charge on any atom is 0.0963 e. The van der Waals surface area contributed by atoms with E-state index in [9.17, 15) is 0 Å². The molecule has 0 bridgehead atoms. The molecule has 0 saturated carbocycles. The molecule has 0 spiro atoms. The predicted molar refractivity (Wildman–Crippen MR) is 67.3 cm³/mol. The minimum atomic E-state index is -0.153. The molecule has 0 aliphatic heterocycles. The molecule has 3 N–H and O–H groups in total. The second-order valence-electron chi connectivity index (χ2n) is 4.84. The highest BCUT2D eigenvalue weighted by Gasteiger charge is 2.21. The fourth-order valence-corrected chi connectivity index (χ4v) is 1.38. The molecule has 0 atom stereocenters. The Morgan fingerprint density at radius 1 is 1.27 bits per heavy atom. The van der Waals surface area contributed by atoms with E-state index in [1.807, 2.05) is 13.8 Å². The Kier molecular flexibility index (Phi) is 6.57. The molecule has 0 aromatic carbocycles. The van der Waals surface area contributed by atoms with Crippen LogP contribution in [0.2, 0.25) is 0 Å². The summed E-state index contributed by atoms with van der Waals surface area (Å²) in [7, 11) is 0. The third-order valence-corrected chi connectivity index (χ3v) is 3.06. The molecule has 90 valence electrons. The Labute approximate surface area is 94.5 Å². The summed E-state index contributed by atoms with van der Waals surface area (Å²) in [4.78, 5) is 2.44. The van der Waals surface area contributed by atoms with E-state index in [1.54, 1.807) is 0 Å². The first-order valence-electron chi connectivity index (χ1n) is 6.01. The summed E-state index contributed by atoms with van der Waals surface area (Å²) in [6.45, 7) is 11.8. The second kappa shape index (κ2) is 6.83. The van der Waals surface area contributed by atoms with E-state index >= 15 is 0 Å². The standard InChI is InChI=1S/C12H27N3/c1-5-7-9-15(6-2)10-8-12(3,4)11(13)14/h5-10H2,1-4H3,(H3,13,14). The molecule has 0 heterocycles. The third-order valence-electron chi connectivity index (χ3n) is 3.06. The van der Waals surface area contributed by atoms with E-state index < -0.39 is 0 Å². The highest BCUT2D eigenvalue weighted by molar-refractivity contribution is 5.82. The number of hydrogen-bond donors (Lipinski definition) is 2. The van der Waals surface area contributed by atoms with Crippen LogP contribution in [-0.4, -0.2) is 30.4 Å². The lowest BCUT2D eigenvalue weighted by atomic mass is 9.88. The van der Waals surface area contributed by atoms with Crippen LogP contribution in [-0.2, 0) is 0 Å². The number of nitrogens with zero attached hydrogens (tertiary/aromatic N) is 1. The van der Waals surface area contributed by atoms with Gasteiger partial charge in [-0.2, -0.15) is 0 Å². The Bertz CT molecular complexity index is 187. The van der Waals surface area contributed by atoms with Crippen LogP contribution in [0, 0.1) is 10.8 Å². The summed E-state index contributed by atoms with van der Waals surface area (Å²) in [6, 6.07) is 0. The number of nitrogens with two attached hydrogens (primary N) is 1. The second-order valence-corrected chi connectivity index (χ2v) is 4.84. The van der Waals surface area contributed by atoms with Crippen LogP contribution in [0.25, 0.3) is 0 Å². The first kappa shape index (κ1) is 14.4. The van der Waals surface area contributed by atoms with E-state index in [0.717, 1.165) is 19.5 Å². The summed E-state index contributed by atoms with van der Waals surface area (Å²) in [6.07, 6.45) is 3.47. The van der Waals surface area contributed by atoms with Gasteiger partial charge in [-0.05, 0) is 32.5 Å². The summed E-state index contributed by atoms with van der Waals surface area (Å²) >= 11 is 0. The Morgan fingerprint density at radius 2 is 1.87 bits per heavy atom. The largest absolute Gasteiger partial charge is 0.387 e. The maximum atomic E-state index is 7.50. The van der Waals surface area contributed by atoms with E-state index in [0.29, 0.717) is 5.84 Å². The zero-order chi connectivity index (χ0) is 11.9. The molecule has 0 fully saturated rings. The fourth-order valence-electron chi connectivity index (χ4n) is 1.38. The van der Waals surface area contributed by atoms with Crippen LogP contribution in [0.15, 0.2) is 0 Å². The van der Waals surface area contributed by atoms with Gasteiger partial charge >= 0.3 is 0 Å². The number of nitrogens with one attached hydrogen (secondary N) is 1. The van der Waals surface area contributed by atoms with E-state index in [2.05, 4.69) is 18.7 Å². The number of amidine groups is 1. The molecule has 0 aromatic rings. The van der Waals surface area contributed by atoms with Crippen molar-refractivity contribution < 1.29 is 0 Å². The molecule has 0 amide bonds. The van der Waals surface area contributed by atoms with Crippen molar-refractivity contribution in [2.24, 2.45) is 11.1 Å². The van der Waals surface area contributed by atoms with Gasteiger partial charge in [-0.3, -0.25) is 5.41 Å². The number of hydrogen-bond acceptors (Lipinski definition) is 2. The van der Waals surface area contributed by atoms with Gasteiger partial charge in [0, 0.05) is 5.41 Å². The molecule has 0 radical (unpaired) electrons. The predicted octanol–water partition coefficient (Wildman–Crippen LogP) is 2.46. The third kappa shape index (κ3) is 5.78. The van der Waals surface area contributed by atoms with Crippen LogP contribution >= 0.6 is 0 Å². The summed E-state index contributed by atoms with van der Waals surface area (Å²) < 4.78 is 0. The Morgan fingerprint density at radius 3 is 2.27 bits per heavy atom. The summed E-state index contributed by atoms with van der Waals surface area (Å²) in [5.74, 6) is 0.300. The Hall–Kier alpha value is -0.570. The zero-order valence-corrected chi connectivity index (χ0v) is 10.8. The van der Waals surface area contributed by atoms with E-state index in [4.69, 9.17) is 11.1 Å². The first-order chi connectivity index (χ1) is 6.94. The van der Waals surface area contributed by atoms with Gasteiger partial charge < -0.3 is 10.6 Å². The Balaban J connectivity index is 3.94. The normalized spacial score (nSPS) is 12.1. The van der Waals surface area contributed by atoms with Gasteiger partial charge in [0.05, 0.1) is 5.84 Å². The molecule has 15 heavy (non-hydrogen) atoms. The van der Waals surface area contributed by atoms with E-state index in [-0.39, 0.29) is 5.41 Å². The lowest BCUT2D eigenvalue weighted by Gasteiger charge is -2.27. The van der Waals surface area contributed by atoms with Crippen molar-refractivity contribution in [3.63, 3.8) is 0 Å². The van der Waals surface area contributed by atoms with E-state index in [1.165, 1.54) is 19.4 Å². The molecule has 0 aliphatic carbocycles. The summed E-state index contributed by atoms with van der Waals surface area (Å²) in [5.41, 5.74) is 5.41. The number of rotatable bonds is 8. The average molecular weight is 213 g/mol. The van der Waals surface area contributed by atoms with Crippen LogP contribution in [0.4, 0.5) is 0 Å². The fraction of sp³-hybridized carbons (Fsp3) is 0.917. The average Bonchev–Trinajstić information content (AvgIpc) is 2.18. The zero-order valence-electron chi connectivity index (χ0n) is 10.8. The van der Waals surface area contributed by atoms with Crippen molar-refractivity contribution in [1.82, 2.24) is 4.90 Å². The minimum Gasteiger partial charge on any atom is -0.387 e. The minimum absolute atomic E-state index is 0.153. The highest BCUT2D eigenvalue weighted by atomic mass is 15.1. The smallest absolute Gasteiger partial charge is 0.0963 e. The SMILES string of the molecule is CCCCN(CC)CCC(C)(C)C(=N)N. The maximum absolute atomic E-state index is 7.50. The van der Waals surface area contributed by atoms with Gasteiger partial charge in [0.15, 0.2) is 0 Å². The van der Waals surface area contributed by atoms with Crippen molar-refractivity contribution in [3.05, 3.63) is 0 Å². The van der Waals surface area contributed by atoms with Crippen molar-refractivity contribution in [1.29, 1.82) is 5.41 Å². The van der Waals surface area contributed by atoms with Gasteiger partial charge in [0.1, 0.15) is 0 Å². The van der Waals surface area contributed by atoms with Crippen LogP contribution in [0.3, 0.4) is 0 Å². The number of unbranched alkanes of at least 4 members (excludes halogenated alkanes) is 1. The van der Waals surface area contributed by atoms with Gasteiger partial charge in [0.25, 0.3) is 0 Å². The topological polar surface area (TPSA) is 53.1 Å². The molecular formula is C12H27N3. The molecule has 0 aromatic heterocycles. The quantitative estimate of drug-likeness (QED) is 0.481. The van der Waals surface area contributed by atoms with Gasteiger partial charge in [-0.15, -0.1) is 0 Å².